The minimum absolute atomic E-state index is 0.386. The largest absolute Gasteiger partial charge is 0.496 e. The number of carbonyl (C=O) groups excluding carboxylic acids is 1. The van der Waals surface area contributed by atoms with Crippen LogP contribution in [-0.4, -0.2) is 26.8 Å². The number of benzene rings is 1. The van der Waals surface area contributed by atoms with E-state index < -0.39 is 0 Å². The molecule has 2 aliphatic rings. The summed E-state index contributed by atoms with van der Waals surface area (Å²) in [5.41, 5.74) is 3.14. The first-order valence-electron chi connectivity index (χ1n) is 6.72. The molecule has 1 aliphatic heterocycles. The quantitative estimate of drug-likeness (QED) is 0.617. The predicted molar refractivity (Wildman–Crippen MR) is 73.6 cm³/mol. The number of methoxy groups -OCH3 is 1. The highest BCUT2D eigenvalue weighted by molar-refractivity contribution is 5.66. The van der Waals surface area contributed by atoms with Crippen molar-refractivity contribution in [1.29, 1.82) is 0 Å². The Morgan fingerprint density at radius 2 is 2.21 bits per heavy atom. The first-order chi connectivity index (χ1) is 9.22. The molecule has 1 saturated carbocycles. The van der Waals surface area contributed by atoms with Gasteiger partial charge in [-0.3, -0.25) is 0 Å². The Kier molecular flexibility index (Phi) is 2.83. The molecule has 4 heteroatoms. The minimum Gasteiger partial charge on any atom is -0.496 e. The molecule has 0 N–H and O–H groups in total. The number of anilines is 1. The van der Waals surface area contributed by atoms with E-state index in [9.17, 15) is 4.79 Å². The molecule has 0 saturated heterocycles. The fraction of sp³-hybridized carbons (Fsp3) is 0.533. The van der Waals surface area contributed by atoms with E-state index in [0.717, 1.165) is 43.5 Å². The van der Waals surface area contributed by atoms with E-state index >= 15 is 0 Å². The van der Waals surface area contributed by atoms with Crippen molar-refractivity contribution in [2.75, 3.05) is 25.6 Å². The summed E-state index contributed by atoms with van der Waals surface area (Å²) in [6, 6.07) is 4.19. The van der Waals surface area contributed by atoms with Crippen LogP contribution >= 0.6 is 0 Å². The number of aliphatic imine (C=N–C) groups is 1. The standard InChI is InChI=1S/C15H18N2O2/c1-17-9-6-11-13(17)5-4-12(14(11)19-2)15(16-10-18)7-3-8-15/h4-5H,3,6-9H2,1-2H3. The minimum atomic E-state index is -0.386. The molecule has 1 aliphatic carbocycles. The molecule has 3 rings (SSSR count). The van der Waals surface area contributed by atoms with Gasteiger partial charge >= 0.3 is 0 Å². The van der Waals surface area contributed by atoms with Crippen LogP contribution in [0.1, 0.15) is 30.4 Å². The zero-order valence-electron chi connectivity index (χ0n) is 11.4. The maximum Gasteiger partial charge on any atom is 0.235 e. The summed E-state index contributed by atoms with van der Waals surface area (Å²) in [5, 5.41) is 0. The third kappa shape index (κ3) is 1.67. The maximum absolute atomic E-state index is 10.7. The summed E-state index contributed by atoms with van der Waals surface area (Å²) in [5.74, 6) is 0.917. The van der Waals surface area contributed by atoms with Gasteiger partial charge in [-0.2, -0.15) is 4.99 Å². The molecular weight excluding hydrogens is 240 g/mol. The van der Waals surface area contributed by atoms with Gasteiger partial charge in [0.05, 0.1) is 7.11 Å². The summed E-state index contributed by atoms with van der Waals surface area (Å²) in [4.78, 5) is 17.1. The molecule has 1 fully saturated rings. The lowest BCUT2D eigenvalue weighted by atomic mass is 9.71. The first kappa shape index (κ1) is 12.2. The molecule has 0 spiro atoms. The molecule has 0 radical (unpaired) electrons. The Labute approximate surface area is 113 Å². The summed E-state index contributed by atoms with van der Waals surface area (Å²) >= 11 is 0. The highest BCUT2D eigenvalue weighted by Gasteiger charge is 2.42. The molecule has 1 aromatic rings. The Bertz CT molecular complexity index is 558. The molecule has 0 atom stereocenters. The highest BCUT2D eigenvalue weighted by atomic mass is 16.5. The van der Waals surface area contributed by atoms with Gasteiger partial charge in [0.15, 0.2) is 0 Å². The maximum atomic E-state index is 10.7. The lowest BCUT2D eigenvalue weighted by Crippen LogP contribution is -2.32. The summed E-state index contributed by atoms with van der Waals surface area (Å²) < 4.78 is 5.65. The van der Waals surface area contributed by atoms with E-state index in [4.69, 9.17) is 4.74 Å². The van der Waals surface area contributed by atoms with Gasteiger partial charge < -0.3 is 9.64 Å². The van der Waals surface area contributed by atoms with Crippen LogP contribution in [0.2, 0.25) is 0 Å². The van der Waals surface area contributed by atoms with Crippen LogP contribution in [-0.2, 0) is 16.8 Å². The molecule has 1 aromatic carbocycles. The number of nitrogens with zero attached hydrogens (tertiary/aromatic N) is 2. The van der Waals surface area contributed by atoms with Crippen molar-refractivity contribution in [2.45, 2.75) is 31.2 Å². The predicted octanol–water partition coefficient (Wildman–Crippen LogP) is 2.40. The zero-order valence-corrected chi connectivity index (χ0v) is 11.4. The van der Waals surface area contributed by atoms with E-state index in [0.29, 0.717) is 0 Å². The molecule has 0 unspecified atom stereocenters. The Morgan fingerprint density at radius 1 is 1.42 bits per heavy atom. The average molecular weight is 258 g/mol. The Hall–Kier alpha value is -1.80. The molecule has 19 heavy (non-hydrogen) atoms. The van der Waals surface area contributed by atoms with Gasteiger partial charge in [0.2, 0.25) is 6.08 Å². The smallest absolute Gasteiger partial charge is 0.235 e. The second-order valence-corrected chi connectivity index (χ2v) is 5.40. The van der Waals surface area contributed by atoms with Crippen LogP contribution in [0.4, 0.5) is 5.69 Å². The molecule has 100 valence electrons. The van der Waals surface area contributed by atoms with E-state index in [-0.39, 0.29) is 5.54 Å². The topological polar surface area (TPSA) is 41.9 Å². The van der Waals surface area contributed by atoms with Crippen LogP contribution in [0, 0.1) is 0 Å². The van der Waals surface area contributed by atoms with E-state index in [1.807, 2.05) is 0 Å². The molecule has 1 heterocycles. The van der Waals surface area contributed by atoms with Gasteiger partial charge in [-0.25, -0.2) is 4.79 Å². The van der Waals surface area contributed by atoms with Crippen LogP contribution in [0.3, 0.4) is 0 Å². The number of ether oxygens (including phenoxy) is 1. The monoisotopic (exact) mass is 258 g/mol. The van der Waals surface area contributed by atoms with Crippen molar-refractivity contribution in [2.24, 2.45) is 4.99 Å². The number of fused-ring (bicyclic) bond motifs is 1. The van der Waals surface area contributed by atoms with Crippen LogP contribution in [0.15, 0.2) is 17.1 Å². The lowest BCUT2D eigenvalue weighted by Gasteiger charge is -2.38. The number of likely N-dealkylation sites (N-methyl/N-ethyl adjacent to an activating group) is 1. The van der Waals surface area contributed by atoms with E-state index in [1.54, 1.807) is 13.2 Å². The fourth-order valence-electron chi connectivity index (χ4n) is 3.26. The van der Waals surface area contributed by atoms with Gasteiger partial charge in [-0.1, -0.05) is 6.07 Å². The molecule has 4 nitrogen and oxygen atoms in total. The number of rotatable bonds is 3. The third-order valence-electron chi connectivity index (χ3n) is 4.49. The van der Waals surface area contributed by atoms with Crippen molar-refractivity contribution < 1.29 is 9.53 Å². The highest BCUT2D eigenvalue weighted by Crippen LogP contribution is 2.50. The van der Waals surface area contributed by atoms with E-state index in [2.05, 4.69) is 29.1 Å². The van der Waals surface area contributed by atoms with Crippen molar-refractivity contribution in [3.8, 4) is 5.75 Å². The molecule has 0 bridgehead atoms. The Balaban J connectivity index is 2.15. The molecule has 0 amide bonds. The molecular formula is C15H18N2O2. The second kappa shape index (κ2) is 4.39. The molecule has 0 aromatic heterocycles. The van der Waals surface area contributed by atoms with Crippen molar-refractivity contribution in [3.63, 3.8) is 0 Å². The average Bonchev–Trinajstić information content (AvgIpc) is 2.75. The van der Waals surface area contributed by atoms with Crippen molar-refractivity contribution >= 4 is 11.8 Å². The van der Waals surface area contributed by atoms with Crippen molar-refractivity contribution in [1.82, 2.24) is 0 Å². The van der Waals surface area contributed by atoms with Crippen LogP contribution < -0.4 is 9.64 Å². The normalized spacial score (nSPS) is 19.4. The third-order valence-corrected chi connectivity index (χ3v) is 4.49. The Morgan fingerprint density at radius 3 is 2.79 bits per heavy atom. The van der Waals surface area contributed by atoms with Gasteiger partial charge in [0.25, 0.3) is 0 Å². The summed E-state index contributed by atoms with van der Waals surface area (Å²) in [7, 11) is 3.79. The van der Waals surface area contributed by atoms with Gasteiger partial charge in [-0.15, -0.1) is 0 Å². The summed E-state index contributed by atoms with van der Waals surface area (Å²) in [6.07, 6.45) is 5.66. The lowest BCUT2D eigenvalue weighted by molar-refractivity contribution is 0.245. The fourth-order valence-corrected chi connectivity index (χ4v) is 3.26. The second-order valence-electron chi connectivity index (χ2n) is 5.40. The van der Waals surface area contributed by atoms with E-state index in [1.165, 1.54) is 11.3 Å². The van der Waals surface area contributed by atoms with Crippen molar-refractivity contribution in [3.05, 3.63) is 23.3 Å². The number of hydrogen-bond donors (Lipinski definition) is 0. The van der Waals surface area contributed by atoms with Gasteiger partial charge in [-0.05, 0) is 31.7 Å². The van der Waals surface area contributed by atoms with Gasteiger partial charge in [0.1, 0.15) is 11.3 Å². The summed E-state index contributed by atoms with van der Waals surface area (Å²) in [6.45, 7) is 1.01. The number of isocyanates is 1. The zero-order chi connectivity index (χ0) is 13.5. The van der Waals surface area contributed by atoms with Gasteiger partial charge in [0, 0.05) is 30.4 Å². The van der Waals surface area contributed by atoms with Crippen LogP contribution in [0.5, 0.6) is 5.75 Å². The first-order valence-corrected chi connectivity index (χ1v) is 6.72. The SMILES string of the molecule is COc1c(C2(N=C=O)CCC2)ccc2c1CCN2C. The number of hydrogen-bond acceptors (Lipinski definition) is 4. The van der Waals surface area contributed by atoms with Crippen LogP contribution in [0.25, 0.3) is 0 Å².